The molecule has 2 rings (SSSR count). The molecular formula is C38H63O4P. The second-order valence-electron chi connectivity index (χ2n) is 11.9. The maximum atomic E-state index is 6.44. The molecule has 244 valence electrons. The average Bonchev–Trinajstić information content (AvgIpc) is 3.03. The first-order valence-corrected chi connectivity index (χ1v) is 19.0. The molecule has 1 unspecified atom stereocenters. The highest BCUT2D eigenvalue weighted by Crippen LogP contribution is 2.43. The van der Waals surface area contributed by atoms with Crippen LogP contribution in [0, 0.1) is 0 Å². The van der Waals surface area contributed by atoms with Crippen LogP contribution in [0.3, 0.4) is 0 Å². The minimum atomic E-state index is -1.66. The fourth-order valence-electron chi connectivity index (χ4n) is 5.24. The van der Waals surface area contributed by atoms with E-state index in [4.69, 9.17) is 18.3 Å². The Morgan fingerprint density at radius 2 is 0.837 bits per heavy atom. The molecule has 1 atom stereocenters. The van der Waals surface area contributed by atoms with Gasteiger partial charge in [0.25, 0.3) is 0 Å². The van der Waals surface area contributed by atoms with E-state index in [9.17, 15) is 0 Å². The van der Waals surface area contributed by atoms with Crippen molar-refractivity contribution in [1.29, 1.82) is 0 Å². The molecule has 0 heterocycles. The predicted molar refractivity (Wildman–Crippen MR) is 185 cm³/mol. The molecule has 0 spiro atoms. The largest absolute Gasteiger partial charge is 0.465 e. The van der Waals surface area contributed by atoms with Crippen LogP contribution in [0.2, 0.25) is 0 Å². The van der Waals surface area contributed by atoms with Crippen molar-refractivity contribution in [3.8, 4) is 11.5 Å². The van der Waals surface area contributed by atoms with Gasteiger partial charge in [0.05, 0.1) is 0 Å². The zero-order chi connectivity index (χ0) is 30.5. The lowest BCUT2D eigenvalue weighted by atomic mass is 10.1. The first kappa shape index (κ1) is 37.6. The molecular weight excluding hydrogens is 551 g/mol. The van der Waals surface area contributed by atoms with Gasteiger partial charge < -0.3 is 13.8 Å². The minimum absolute atomic E-state index is 0.323. The molecule has 0 bridgehead atoms. The van der Waals surface area contributed by atoms with Gasteiger partial charge in [-0.15, -0.1) is 0 Å². The smallest absolute Gasteiger partial charge is 0.418 e. The van der Waals surface area contributed by atoms with Crippen LogP contribution >= 0.6 is 8.60 Å². The molecule has 0 aliphatic rings. The van der Waals surface area contributed by atoms with Crippen molar-refractivity contribution in [1.82, 2.24) is 0 Å². The van der Waals surface area contributed by atoms with Crippen molar-refractivity contribution < 1.29 is 18.3 Å². The molecule has 0 saturated carbocycles. The molecule has 0 aliphatic heterocycles. The maximum absolute atomic E-state index is 6.44. The highest BCUT2D eigenvalue weighted by molar-refractivity contribution is 7.42. The molecule has 43 heavy (non-hydrogen) atoms. The Morgan fingerprint density at radius 1 is 0.465 bits per heavy atom. The summed E-state index contributed by atoms with van der Waals surface area (Å²) in [6.45, 7) is 5.29. The van der Waals surface area contributed by atoms with Gasteiger partial charge in [-0.25, -0.2) is 0 Å². The number of para-hydroxylation sites is 2. The van der Waals surface area contributed by atoms with Gasteiger partial charge in [-0.1, -0.05) is 172 Å². The lowest BCUT2D eigenvalue weighted by Crippen LogP contribution is -2.18. The fourth-order valence-corrected chi connectivity index (χ4v) is 6.31. The molecule has 0 aliphatic carbocycles. The Morgan fingerprint density at radius 3 is 1.26 bits per heavy atom. The Balaban J connectivity index is 1.77. The van der Waals surface area contributed by atoms with Gasteiger partial charge in [-0.05, 0) is 43.5 Å². The van der Waals surface area contributed by atoms with E-state index in [1.807, 2.05) is 60.7 Å². The van der Waals surface area contributed by atoms with Crippen LogP contribution in [0.5, 0.6) is 11.5 Å². The number of ether oxygens (including phenoxy) is 1. The van der Waals surface area contributed by atoms with Crippen molar-refractivity contribution in [2.45, 2.75) is 161 Å². The summed E-state index contributed by atoms with van der Waals surface area (Å²) in [6.07, 6.45) is 28.3. The first-order valence-electron chi connectivity index (χ1n) is 17.9. The van der Waals surface area contributed by atoms with E-state index >= 15 is 0 Å². The van der Waals surface area contributed by atoms with Gasteiger partial charge in [0.1, 0.15) is 11.5 Å². The molecule has 0 saturated heterocycles. The molecule has 0 N–H and O–H groups in total. The SMILES string of the molecule is CCCCCCCCCCCCCOC(CCCCCCCCCCCC)OP(Oc1ccccc1)Oc1ccccc1. The molecule has 0 aromatic heterocycles. The van der Waals surface area contributed by atoms with E-state index in [0.717, 1.165) is 37.4 Å². The molecule has 0 amide bonds. The second-order valence-corrected chi connectivity index (χ2v) is 13.0. The summed E-state index contributed by atoms with van der Waals surface area (Å²) in [5.74, 6) is 1.49. The topological polar surface area (TPSA) is 36.9 Å². The summed E-state index contributed by atoms with van der Waals surface area (Å²) >= 11 is 0. The van der Waals surface area contributed by atoms with Gasteiger partial charge in [-0.3, -0.25) is 4.52 Å². The van der Waals surface area contributed by atoms with E-state index in [2.05, 4.69) is 13.8 Å². The fraction of sp³-hybridized carbons (Fsp3) is 0.684. The molecule has 4 nitrogen and oxygen atoms in total. The standard InChI is InChI=1S/C38H63O4P/c1-3-5-7-9-11-13-15-17-19-21-29-35-39-38(34-28-20-18-16-14-12-10-8-6-4-2)42-43(40-36-30-24-22-25-31-36)41-37-32-26-23-27-33-37/h22-27,30-33,38H,3-21,28-29,34-35H2,1-2H3. The highest BCUT2D eigenvalue weighted by atomic mass is 31.2. The van der Waals surface area contributed by atoms with Crippen molar-refractivity contribution in [2.24, 2.45) is 0 Å². The second kappa shape index (κ2) is 27.9. The third kappa shape index (κ3) is 21.7. The zero-order valence-electron chi connectivity index (χ0n) is 27.7. The van der Waals surface area contributed by atoms with E-state index < -0.39 is 8.60 Å². The van der Waals surface area contributed by atoms with Crippen LogP contribution < -0.4 is 9.05 Å². The van der Waals surface area contributed by atoms with Gasteiger partial charge >= 0.3 is 8.60 Å². The number of benzene rings is 2. The summed E-state index contributed by atoms with van der Waals surface area (Å²) in [5.41, 5.74) is 0. The van der Waals surface area contributed by atoms with Gasteiger partial charge in [0.15, 0.2) is 6.29 Å². The van der Waals surface area contributed by atoms with Crippen LogP contribution in [-0.2, 0) is 9.26 Å². The number of hydrogen-bond donors (Lipinski definition) is 0. The number of hydrogen-bond acceptors (Lipinski definition) is 4. The Labute approximate surface area is 266 Å². The molecule has 2 aromatic carbocycles. The van der Waals surface area contributed by atoms with Crippen LogP contribution in [0.1, 0.15) is 155 Å². The van der Waals surface area contributed by atoms with Crippen LogP contribution in [0.15, 0.2) is 60.7 Å². The summed E-state index contributed by atoms with van der Waals surface area (Å²) in [4.78, 5) is 0. The van der Waals surface area contributed by atoms with Gasteiger partial charge in [-0.2, -0.15) is 0 Å². The van der Waals surface area contributed by atoms with Crippen molar-refractivity contribution in [3.63, 3.8) is 0 Å². The minimum Gasteiger partial charge on any atom is -0.418 e. The van der Waals surface area contributed by atoms with E-state index in [0.29, 0.717) is 0 Å². The van der Waals surface area contributed by atoms with Crippen molar-refractivity contribution >= 4 is 8.60 Å². The van der Waals surface area contributed by atoms with Gasteiger partial charge in [0, 0.05) is 6.61 Å². The van der Waals surface area contributed by atoms with E-state index in [1.165, 1.54) is 122 Å². The molecule has 0 radical (unpaired) electrons. The number of rotatable bonds is 30. The third-order valence-electron chi connectivity index (χ3n) is 7.89. The summed E-state index contributed by atoms with van der Waals surface area (Å²) < 4.78 is 25.2. The predicted octanol–water partition coefficient (Wildman–Crippen LogP) is 13.4. The number of unbranched alkanes of at least 4 members (excludes halogenated alkanes) is 19. The Kier molecular flexibility index (Phi) is 24.4. The molecule has 5 heteroatoms. The summed E-state index contributed by atoms with van der Waals surface area (Å²) in [5, 5.41) is 0. The van der Waals surface area contributed by atoms with E-state index in [-0.39, 0.29) is 6.29 Å². The van der Waals surface area contributed by atoms with Crippen molar-refractivity contribution in [3.05, 3.63) is 60.7 Å². The molecule has 2 aromatic rings. The van der Waals surface area contributed by atoms with E-state index in [1.54, 1.807) is 0 Å². The van der Waals surface area contributed by atoms with Crippen molar-refractivity contribution in [2.75, 3.05) is 6.61 Å². The lowest BCUT2D eigenvalue weighted by Gasteiger charge is -2.24. The zero-order valence-corrected chi connectivity index (χ0v) is 28.6. The Bertz CT molecular complexity index is 793. The summed E-state index contributed by atoms with van der Waals surface area (Å²) in [7, 11) is -1.66. The highest BCUT2D eigenvalue weighted by Gasteiger charge is 2.24. The maximum Gasteiger partial charge on any atom is 0.465 e. The van der Waals surface area contributed by atoms with Crippen LogP contribution in [0.4, 0.5) is 0 Å². The third-order valence-corrected chi connectivity index (χ3v) is 9.02. The van der Waals surface area contributed by atoms with Gasteiger partial charge in [0.2, 0.25) is 0 Å². The first-order chi connectivity index (χ1) is 21.3. The summed E-state index contributed by atoms with van der Waals surface area (Å²) in [6, 6.07) is 19.6. The van der Waals surface area contributed by atoms with Crippen LogP contribution in [0.25, 0.3) is 0 Å². The normalized spacial score (nSPS) is 12.1. The van der Waals surface area contributed by atoms with Crippen LogP contribution in [-0.4, -0.2) is 12.9 Å². The average molecular weight is 615 g/mol. The monoisotopic (exact) mass is 614 g/mol. The molecule has 0 fully saturated rings. The Hall–Kier alpha value is -1.61. The lowest BCUT2D eigenvalue weighted by molar-refractivity contribution is -0.0896. The quantitative estimate of drug-likeness (QED) is 0.0498.